The first kappa shape index (κ1) is 27.3. The molecule has 196 valence electrons. The van der Waals surface area contributed by atoms with Crippen LogP contribution in [0.1, 0.15) is 29.2 Å². The van der Waals surface area contributed by atoms with Gasteiger partial charge in [0.1, 0.15) is 17.4 Å². The number of alkyl halides is 3. The molecule has 0 saturated heterocycles. The van der Waals surface area contributed by atoms with Gasteiger partial charge in [0.25, 0.3) is 5.56 Å². The molecule has 0 unspecified atom stereocenters. The lowest BCUT2D eigenvalue weighted by Crippen LogP contribution is -2.28. The van der Waals surface area contributed by atoms with Crippen LogP contribution in [0.3, 0.4) is 0 Å². The van der Waals surface area contributed by atoms with Crippen LogP contribution in [0.25, 0.3) is 21.0 Å². The second-order valence-electron chi connectivity index (χ2n) is 8.56. The van der Waals surface area contributed by atoms with Crippen molar-refractivity contribution < 1.29 is 26.0 Å². The standard InChI is InChI=1S/C27H20F4N2O3S2/c1-3-16-7-8-18(22(28)11-16)15-33-23(13-21(27(29,30)31)20(14-32)26(33)34)25-10-9-24(37-25)17-5-4-6-19(12-17)38(2,35)36/h4-13H,3,15H2,1-2H3. The smallest absolute Gasteiger partial charge is 0.302 e. The van der Waals surface area contributed by atoms with Gasteiger partial charge in [-0.25, -0.2) is 12.8 Å². The predicted molar refractivity (Wildman–Crippen MR) is 137 cm³/mol. The lowest BCUT2D eigenvalue weighted by atomic mass is 10.1. The van der Waals surface area contributed by atoms with Gasteiger partial charge in [-0.15, -0.1) is 11.3 Å². The van der Waals surface area contributed by atoms with Crippen molar-refractivity contribution in [2.75, 3.05) is 6.26 Å². The molecule has 0 aliphatic carbocycles. The zero-order valence-electron chi connectivity index (χ0n) is 20.1. The fourth-order valence-electron chi connectivity index (χ4n) is 3.96. The van der Waals surface area contributed by atoms with E-state index in [1.807, 2.05) is 6.92 Å². The highest BCUT2D eigenvalue weighted by molar-refractivity contribution is 7.90. The first-order valence-electron chi connectivity index (χ1n) is 11.3. The minimum atomic E-state index is -4.98. The molecule has 2 aromatic heterocycles. The lowest BCUT2D eigenvalue weighted by molar-refractivity contribution is -0.137. The van der Waals surface area contributed by atoms with Crippen molar-refractivity contribution in [3.63, 3.8) is 0 Å². The SMILES string of the molecule is CCc1ccc(Cn2c(-c3ccc(-c4cccc(S(C)(=O)=O)c4)s3)cc(C(F)(F)F)c(C#N)c2=O)c(F)c1. The normalized spacial score (nSPS) is 11.9. The Bertz CT molecular complexity index is 1750. The number of aryl methyl sites for hydroxylation is 1. The zero-order valence-corrected chi connectivity index (χ0v) is 21.8. The Morgan fingerprint density at radius 2 is 1.74 bits per heavy atom. The quantitative estimate of drug-likeness (QED) is 0.260. The van der Waals surface area contributed by atoms with Gasteiger partial charge in [0, 0.05) is 16.7 Å². The van der Waals surface area contributed by atoms with E-state index in [1.54, 1.807) is 24.3 Å². The summed E-state index contributed by atoms with van der Waals surface area (Å²) in [5, 5.41) is 9.40. The molecule has 0 aliphatic heterocycles. The van der Waals surface area contributed by atoms with Gasteiger partial charge < -0.3 is 4.57 Å². The van der Waals surface area contributed by atoms with Crippen LogP contribution in [-0.2, 0) is 29.0 Å². The van der Waals surface area contributed by atoms with Crippen LogP contribution in [0, 0.1) is 17.1 Å². The third kappa shape index (κ3) is 5.42. The highest BCUT2D eigenvalue weighted by atomic mass is 32.2. The summed E-state index contributed by atoms with van der Waals surface area (Å²) in [4.78, 5) is 14.1. The summed E-state index contributed by atoms with van der Waals surface area (Å²) in [6.45, 7) is 1.44. The summed E-state index contributed by atoms with van der Waals surface area (Å²) in [5.74, 6) is -0.620. The number of aromatic nitrogens is 1. The van der Waals surface area contributed by atoms with Crippen LogP contribution < -0.4 is 5.56 Å². The fourth-order valence-corrected chi connectivity index (χ4v) is 5.65. The van der Waals surface area contributed by atoms with Gasteiger partial charge in [-0.3, -0.25) is 4.79 Å². The Hall–Kier alpha value is -3.75. The van der Waals surface area contributed by atoms with Crippen LogP contribution in [0.4, 0.5) is 17.6 Å². The number of hydrogen-bond donors (Lipinski definition) is 0. The molecule has 0 spiro atoms. The van der Waals surface area contributed by atoms with Gasteiger partial charge in [-0.1, -0.05) is 31.2 Å². The van der Waals surface area contributed by atoms with E-state index in [2.05, 4.69) is 0 Å². The number of nitriles is 1. The van der Waals surface area contributed by atoms with Gasteiger partial charge in [0.2, 0.25) is 0 Å². The average Bonchev–Trinajstić information content (AvgIpc) is 3.35. The monoisotopic (exact) mass is 560 g/mol. The lowest BCUT2D eigenvalue weighted by Gasteiger charge is -2.17. The van der Waals surface area contributed by atoms with Crippen LogP contribution in [0.5, 0.6) is 0 Å². The van der Waals surface area contributed by atoms with E-state index in [4.69, 9.17) is 0 Å². The Balaban J connectivity index is 1.92. The van der Waals surface area contributed by atoms with E-state index in [0.29, 0.717) is 22.4 Å². The number of hydrogen-bond acceptors (Lipinski definition) is 5. The molecule has 38 heavy (non-hydrogen) atoms. The Morgan fingerprint density at radius 1 is 1.03 bits per heavy atom. The first-order valence-corrected chi connectivity index (χ1v) is 14.0. The van der Waals surface area contributed by atoms with Crippen molar-refractivity contribution >= 4 is 21.2 Å². The molecule has 0 amide bonds. The van der Waals surface area contributed by atoms with Gasteiger partial charge >= 0.3 is 6.18 Å². The third-order valence-corrected chi connectivity index (χ3v) is 8.24. The number of rotatable bonds is 6. The van der Waals surface area contributed by atoms with Crippen molar-refractivity contribution in [2.45, 2.75) is 31.0 Å². The minimum Gasteiger partial charge on any atom is -0.302 e. The van der Waals surface area contributed by atoms with Crippen molar-refractivity contribution in [2.24, 2.45) is 0 Å². The molecule has 0 radical (unpaired) electrons. The molecule has 0 aliphatic rings. The molecule has 0 fully saturated rings. The summed E-state index contributed by atoms with van der Waals surface area (Å²) >= 11 is 1.04. The first-order chi connectivity index (χ1) is 17.8. The Kier molecular flexibility index (Phi) is 7.32. The summed E-state index contributed by atoms with van der Waals surface area (Å²) in [7, 11) is -3.50. The summed E-state index contributed by atoms with van der Waals surface area (Å²) < 4.78 is 81.2. The second kappa shape index (κ2) is 10.2. The van der Waals surface area contributed by atoms with Crippen LogP contribution in [0.2, 0.25) is 0 Å². The number of benzene rings is 2. The van der Waals surface area contributed by atoms with E-state index >= 15 is 0 Å². The topological polar surface area (TPSA) is 79.9 Å². The zero-order chi connectivity index (χ0) is 27.8. The average molecular weight is 561 g/mol. The van der Waals surface area contributed by atoms with E-state index < -0.39 is 45.1 Å². The summed E-state index contributed by atoms with van der Waals surface area (Å²) in [6, 6.07) is 15.7. The van der Waals surface area contributed by atoms with Gasteiger partial charge in [-0.2, -0.15) is 18.4 Å². The molecule has 4 rings (SSSR count). The number of sulfone groups is 1. The van der Waals surface area contributed by atoms with E-state index in [0.717, 1.165) is 28.2 Å². The van der Waals surface area contributed by atoms with Crippen molar-refractivity contribution in [3.05, 3.63) is 99.1 Å². The Morgan fingerprint density at radius 3 is 2.34 bits per heavy atom. The molecule has 2 aromatic carbocycles. The minimum absolute atomic E-state index is 0.0746. The van der Waals surface area contributed by atoms with E-state index in [1.165, 1.54) is 36.4 Å². The van der Waals surface area contributed by atoms with Crippen molar-refractivity contribution in [1.29, 1.82) is 5.26 Å². The maximum Gasteiger partial charge on any atom is 0.417 e. The molecule has 5 nitrogen and oxygen atoms in total. The van der Waals surface area contributed by atoms with Crippen LogP contribution in [-0.4, -0.2) is 19.2 Å². The molecule has 0 N–H and O–H groups in total. The number of halogens is 4. The highest BCUT2D eigenvalue weighted by Gasteiger charge is 2.36. The largest absolute Gasteiger partial charge is 0.417 e. The molecular weight excluding hydrogens is 540 g/mol. The number of nitrogens with zero attached hydrogens (tertiary/aromatic N) is 2. The molecule has 2 heterocycles. The van der Waals surface area contributed by atoms with Crippen molar-refractivity contribution in [1.82, 2.24) is 4.57 Å². The summed E-state index contributed by atoms with van der Waals surface area (Å²) in [5.41, 5.74) is -2.49. The second-order valence-corrected chi connectivity index (χ2v) is 11.7. The summed E-state index contributed by atoms with van der Waals surface area (Å²) in [6.07, 6.45) is -3.35. The molecule has 0 bridgehead atoms. The van der Waals surface area contributed by atoms with Crippen LogP contribution in [0.15, 0.2) is 70.4 Å². The molecular formula is C27H20F4N2O3S2. The van der Waals surface area contributed by atoms with E-state index in [-0.39, 0.29) is 21.0 Å². The number of pyridine rings is 1. The maximum absolute atomic E-state index is 14.8. The highest BCUT2D eigenvalue weighted by Crippen LogP contribution is 2.38. The van der Waals surface area contributed by atoms with Gasteiger partial charge in [-0.05, 0) is 53.9 Å². The van der Waals surface area contributed by atoms with E-state index in [9.17, 15) is 36.0 Å². The molecule has 11 heteroatoms. The molecule has 4 aromatic rings. The van der Waals surface area contributed by atoms with Crippen molar-refractivity contribution in [3.8, 4) is 27.1 Å². The molecule has 0 saturated carbocycles. The fraction of sp³-hybridized carbons (Fsp3) is 0.185. The number of thiophene rings is 1. The Labute approximate surface area is 220 Å². The van der Waals surface area contributed by atoms with Crippen LogP contribution >= 0.6 is 11.3 Å². The van der Waals surface area contributed by atoms with Gasteiger partial charge in [0.15, 0.2) is 9.84 Å². The van der Waals surface area contributed by atoms with Gasteiger partial charge in [0.05, 0.1) is 27.6 Å². The maximum atomic E-state index is 14.8. The molecule has 0 atom stereocenters. The third-order valence-electron chi connectivity index (χ3n) is 5.98. The predicted octanol–water partition coefficient (Wildman–Crippen LogP) is 6.29.